The normalized spacial score (nSPS) is 37.3. The number of rotatable bonds is 3. The summed E-state index contributed by atoms with van der Waals surface area (Å²) in [4.78, 5) is 1.33. The van der Waals surface area contributed by atoms with Gasteiger partial charge in [0.05, 0.1) is 12.7 Å². The molecule has 18 heavy (non-hydrogen) atoms. The molecule has 0 N–H and O–H groups in total. The van der Waals surface area contributed by atoms with E-state index in [-0.39, 0.29) is 0 Å². The molecule has 0 aliphatic heterocycles. The van der Waals surface area contributed by atoms with Crippen molar-refractivity contribution in [3.63, 3.8) is 0 Å². The van der Waals surface area contributed by atoms with Gasteiger partial charge in [0.2, 0.25) is 0 Å². The number of thiophene rings is 1. The molecule has 3 unspecified atom stereocenters. The molecule has 1 nitrogen and oxygen atoms in total. The summed E-state index contributed by atoms with van der Waals surface area (Å²) in [6.45, 7) is 8.10. The zero-order valence-electron chi connectivity index (χ0n) is 11.3. The van der Waals surface area contributed by atoms with Gasteiger partial charge in [-0.05, 0) is 58.0 Å². The minimum absolute atomic E-state index is 0.381. The fourth-order valence-electron chi connectivity index (χ4n) is 3.99. The molecule has 2 bridgehead atoms. The van der Waals surface area contributed by atoms with Crippen LogP contribution in [0.15, 0.2) is 15.9 Å². The van der Waals surface area contributed by atoms with E-state index >= 15 is 0 Å². The Labute approximate surface area is 122 Å². The van der Waals surface area contributed by atoms with Crippen molar-refractivity contribution in [3.8, 4) is 0 Å². The quantitative estimate of drug-likeness (QED) is 0.737. The van der Waals surface area contributed by atoms with E-state index in [0.29, 0.717) is 16.9 Å². The van der Waals surface area contributed by atoms with Gasteiger partial charge in [-0.15, -0.1) is 11.3 Å². The minimum Gasteiger partial charge on any atom is -0.372 e. The van der Waals surface area contributed by atoms with Crippen molar-refractivity contribution in [2.75, 3.05) is 0 Å². The van der Waals surface area contributed by atoms with Crippen LogP contribution in [-0.2, 0) is 11.3 Å². The highest BCUT2D eigenvalue weighted by molar-refractivity contribution is 9.10. The Balaban J connectivity index is 1.69. The van der Waals surface area contributed by atoms with Crippen molar-refractivity contribution in [2.45, 2.75) is 52.7 Å². The molecule has 0 saturated heterocycles. The van der Waals surface area contributed by atoms with Crippen LogP contribution < -0.4 is 0 Å². The molecule has 0 radical (unpaired) electrons. The molecular formula is C15H21BrOS. The van der Waals surface area contributed by atoms with Gasteiger partial charge in [-0.25, -0.2) is 0 Å². The Kier molecular flexibility index (Phi) is 3.15. The van der Waals surface area contributed by atoms with E-state index in [1.54, 1.807) is 11.3 Å². The van der Waals surface area contributed by atoms with E-state index in [4.69, 9.17) is 4.74 Å². The highest BCUT2D eigenvalue weighted by Gasteiger charge is 2.61. The Bertz CT molecular complexity index is 453. The third kappa shape index (κ3) is 1.82. The molecule has 1 heterocycles. The monoisotopic (exact) mass is 328 g/mol. The van der Waals surface area contributed by atoms with Crippen molar-refractivity contribution >= 4 is 27.3 Å². The van der Waals surface area contributed by atoms with Crippen molar-refractivity contribution in [1.29, 1.82) is 0 Å². The number of hydrogen-bond donors (Lipinski definition) is 0. The van der Waals surface area contributed by atoms with Crippen LogP contribution in [0.2, 0.25) is 0 Å². The summed E-state index contributed by atoms with van der Waals surface area (Å²) >= 11 is 5.28. The second kappa shape index (κ2) is 4.32. The standard InChI is InChI=1S/C15H21BrOS/c1-14(2)10-4-5-15(14,3)13(6-10)17-8-12-7-11(16)9-18-12/h7,9-10,13H,4-6,8H2,1-3H3. The third-order valence-electron chi connectivity index (χ3n) is 5.76. The molecule has 0 spiro atoms. The summed E-state index contributed by atoms with van der Waals surface area (Å²) in [5.74, 6) is 0.863. The second-order valence-electron chi connectivity index (χ2n) is 6.64. The SMILES string of the molecule is CC1(C)C2CCC1(C)C(OCc1cc(Br)cs1)C2. The van der Waals surface area contributed by atoms with E-state index in [1.807, 2.05) is 0 Å². The number of halogens is 1. The molecule has 2 saturated carbocycles. The number of ether oxygens (including phenoxy) is 1. The van der Waals surface area contributed by atoms with Crippen LogP contribution in [0, 0.1) is 16.7 Å². The summed E-state index contributed by atoms with van der Waals surface area (Å²) in [6.07, 6.45) is 4.44. The molecule has 0 aromatic carbocycles. The van der Waals surface area contributed by atoms with Gasteiger partial charge in [-0.2, -0.15) is 0 Å². The van der Waals surface area contributed by atoms with E-state index in [2.05, 4.69) is 48.1 Å². The molecule has 0 amide bonds. The first kappa shape index (κ1) is 13.1. The lowest BCUT2D eigenvalue weighted by atomic mass is 9.70. The average molecular weight is 329 g/mol. The molecule has 2 fully saturated rings. The first-order chi connectivity index (χ1) is 8.43. The zero-order valence-corrected chi connectivity index (χ0v) is 13.7. The van der Waals surface area contributed by atoms with Gasteiger partial charge in [0.1, 0.15) is 0 Å². The van der Waals surface area contributed by atoms with Gasteiger partial charge in [-0.1, -0.05) is 20.8 Å². The van der Waals surface area contributed by atoms with Crippen molar-refractivity contribution in [1.82, 2.24) is 0 Å². The fraction of sp³-hybridized carbons (Fsp3) is 0.733. The summed E-state index contributed by atoms with van der Waals surface area (Å²) in [5.41, 5.74) is 0.833. The molecule has 100 valence electrons. The summed E-state index contributed by atoms with van der Waals surface area (Å²) in [5, 5.41) is 2.13. The van der Waals surface area contributed by atoms with E-state index < -0.39 is 0 Å². The summed E-state index contributed by atoms with van der Waals surface area (Å²) in [7, 11) is 0. The number of hydrogen-bond acceptors (Lipinski definition) is 2. The fourth-order valence-corrected chi connectivity index (χ4v) is 5.37. The van der Waals surface area contributed by atoms with Crippen LogP contribution in [-0.4, -0.2) is 6.10 Å². The van der Waals surface area contributed by atoms with Crippen molar-refractivity contribution in [3.05, 3.63) is 20.8 Å². The highest BCUT2D eigenvalue weighted by Crippen LogP contribution is 2.66. The van der Waals surface area contributed by atoms with Crippen molar-refractivity contribution in [2.24, 2.45) is 16.7 Å². The molecule has 3 atom stereocenters. The first-order valence-corrected chi connectivity index (χ1v) is 8.45. The smallest absolute Gasteiger partial charge is 0.0813 e. The maximum Gasteiger partial charge on any atom is 0.0813 e. The van der Waals surface area contributed by atoms with Crippen LogP contribution in [0.5, 0.6) is 0 Å². The molecule has 2 aliphatic carbocycles. The molecule has 1 aromatic rings. The molecule has 2 aliphatic rings. The van der Waals surface area contributed by atoms with Gasteiger partial charge in [-0.3, -0.25) is 0 Å². The number of fused-ring (bicyclic) bond motifs is 2. The van der Waals surface area contributed by atoms with Crippen LogP contribution in [0.1, 0.15) is 44.9 Å². The highest BCUT2D eigenvalue weighted by atomic mass is 79.9. The maximum absolute atomic E-state index is 6.26. The lowest BCUT2D eigenvalue weighted by molar-refractivity contribution is -0.0542. The summed E-state index contributed by atoms with van der Waals surface area (Å²) in [6, 6.07) is 2.17. The van der Waals surface area contributed by atoms with Gasteiger partial charge in [0, 0.05) is 14.7 Å². The maximum atomic E-state index is 6.26. The molecule has 3 heteroatoms. The van der Waals surface area contributed by atoms with Gasteiger partial charge < -0.3 is 4.74 Å². The first-order valence-electron chi connectivity index (χ1n) is 6.78. The Morgan fingerprint density at radius 1 is 1.44 bits per heavy atom. The lowest BCUT2D eigenvalue weighted by Crippen LogP contribution is -2.37. The Morgan fingerprint density at radius 3 is 2.72 bits per heavy atom. The van der Waals surface area contributed by atoms with Gasteiger partial charge in [0.15, 0.2) is 0 Å². The topological polar surface area (TPSA) is 9.23 Å². The Hall–Kier alpha value is 0.140. The van der Waals surface area contributed by atoms with Crippen LogP contribution in [0.3, 0.4) is 0 Å². The van der Waals surface area contributed by atoms with E-state index in [1.165, 1.54) is 28.6 Å². The van der Waals surface area contributed by atoms with Crippen LogP contribution in [0.25, 0.3) is 0 Å². The second-order valence-corrected chi connectivity index (χ2v) is 8.55. The molecular weight excluding hydrogens is 308 g/mol. The van der Waals surface area contributed by atoms with Crippen LogP contribution >= 0.6 is 27.3 Å². The minimum atomic E-state index is 0.381. The predicted molar refractivity (Wildman–Crippen MR) is 79.8 cm³/mol. The van der Waals surface area contributed by atoms with Gasteiger partial charge in [0.25, 0.3) is 0 Å². The largest absolute Gasteiger partial charge is 0.372 e. The molecule has 1 aromatic heterocycles. The third-order valence-corrected chi connectivity index (χ3v) is 7.43. The van der Waals surface area contributed by atoms with E-state index in [9.17, 15) is 0 Å². The van der Waals surface area contributed by atoms with E-state index in [0.717, 1.165) is 12.5 Å². The summed E-state index contributed by atoms with van der Waals surface area (Å²) < 4.78 is 7.44. The Morgan fingerprint density at radius 2 is 2.22 bits per heavy atom. The van der Waals surface area contributed by atoms with Crippen LogP contribution in [0.4, 0.5) is 0 Å². The lowest BCUT2D eigenvalue weighted by Gasteiger charge is -2.38. The average Bonchev–Trinajstić information content (AvgIpc) is 2.87. The van der Waals surface area contributed by atoms with Gasteiger partial charge >= 0.3 is 0 Å². The van der Waals surface area contributed by atoms with Crippen molar-refractivity contribution < 1.29 is 4.74 Å². The molecule has 3 rings (SSSR count). The zero-order chi connectivity index (χ0) is 13.0. The predicted octanol–water partition coefficient (Wildman–Crippen LogP) is 5.24.